The smallest absolute Gasteiger partial charge is 0.225 e. The highest BCUT2D eigenvalue weighted by Gasteiger charge is 2.29. The first-order valence-corrected chi connectivity index (χ1v) is 10.8. The highest BCUT2D eigenvalue weighted by molar-refractivity contribution is 6.30. The molecule has 1 aliphatic carbocycles. The second-order valence-electron chi connectivity index (χ2n) is 8.08. The van der Waals surface area contributed by atoms with Gasteiger partial charge in [0.1, 0.15) is 5.15 Å². The van der Waals surface area contributed by atoms with Crippen molar-refractivity contribution in [2.24, 2.45) is 5.92 Å². The number of hydrogen-bond donors (Lipinski definition) is 0. The summed E-state index contributed by atoms with van der Waals surface area (Å²) in [5, 5.41) is 5.39. The Morgan fingerprint density at radius 1 is 1.07 bits per heavy atom. The third-order valence-electron chi connectivity index (χ3n) is 6.13. The normalized spacial score (nSPS) is 18.7. The van der Waals surface area contributed by atoms with Gasteiger partial charge in [-0.15, -0.1) is 0 Å². The van der Waals surface area contributed by atoms with Crippen LogP contribution < -0.4 is 0 Å². The predicted octanol–water partition coefficient (Wildman–Crippen LogP) is 3.73. The number of benzene rings is 1. The van der Waals surface area contributed by atoms with Crippen molar-refractivity contribution in [3.63, 3.8) is 0 Å². The van der Waals surface area contributed by atoms with Gasteiger partial charge in [-0.25, -0.2) is 4.68 Å². The number of aromatic nitrogens is 2. The largest absolute Gasteiger partial charge is 0.340 e. The molecule has 1 aliphatic heterocycles. The monoisotopic (exact) mass is 400 g/mol. The van der Waals surface area contributed by atoms with Crippen molar-refractivity contribution in [3.8, 4) is 0 Å². The van der Waals surface area contributed by atoms with Gasteiger partial charge in [-0.1, -0.05) is 54.8 Å². The lowest BCUT2D eigenvalue weighted by atomic mass is 10.1. The zero-order chi connectivity index (χ0) is 19.5. The number of nitrogens with zero attached hydrogens (tertiary/aromatic N) is 4. The molecule has 2 heterocycles. The van der Waals surface area contributed by atoms with Crippen molar-refractivity contribution in [3.05, 3.63) is 52.3 Å². The Bertz CT molecular complexity index is 805. The van der Waals surface area contributed by atoms with Crippen molar-refractivity contribution in [1.82, 2.24) is 19.6 Å². The topological polar surface area (TPSA) is 41.4 Å². The summed E-state index contributed by atoms with van der Waals surface area (Å²) < 4.78 is 1.89. The number of halogens is 1. The number of hydrogen-bond acceptors (Lipinski definition) is 3. The van der Waals surface area contributed by atoms with E-state index in [1.165, 1.54) is 18.4 Å². The molecule has 5 nitrogen and oxygen atoms in total. The van der Waals surface area contributed by atoms with Gasteiger partial charge in [0.15, 0.2) is 0 Å². The van der Waals surface area contributed by atoms with Crippen molar-refractivity contribution in [1.29, 1.82) is 0 Å². The molecule has 0 radical (unpaired) electrons. The van der Waals surface area contributed by atoms with E-state index in [1.54, 1.807) is 0 Å². The summed E-state index contributed by atoms with van der Waals surface area (Å²) in [4.78, 5) is 17.1. The van der Waals surface area contributed by atoms with Crippen LogP contribution in [0.25, 0.3) is 0 Å². The van der Waals surface area contributed by atoms with Crippen molar-refractivity contribution in [2.45, 2.75) is 45.7 Å². The molecule has 28 heavy (non-hydrogen) atoms. The SMILES string of the molecule is Cc1nn(Cc2ccccc2)c(Cl)c1CN1CCN(C(=O)C2CCCC2)CC1. The quantitative estimate of drug-likeness (QED) is 0.767. The summed E-state index contributed by atoms with van der Waals surface area (Å²) in [6.07, 6.45) is 4.57. The fraction of sp³-hybridized carbons (Fsp3) is 0.545. The van der Waals surface area contributed by atoms with Crippen LogP contribution in [0.3, 0.4) is 0 Å². The summed E-state index contributed by atoms with van der Waals surface area (Å²) in [6.45, 7) is 6.96. The van der Waals surface area contributed by atoms with Gasteiger partial charge < -0.3 is 4.90 Å². The van der Waals surface area contributed by atoms with Gasteiger partial charge in [0.25, 0.3) is 0 Å². The lowest BCUT2D eigenvalue weighted by molar-refractivity contribution is -0.137. The Morgan fingerprint density at radius 3 is 2.43 bits per heavy atom. The molecule has 0 bridgehead atoms. The van der Waals surface area contributed by atoms with Crippen molar-refractivity contribution < 1.29 is 4.79 Å². The zero-order valence-electron chi connectivity index (χ0n) is 16.6. The molecule has 2 aromatic rings. The van der Waals surface area contributed by atoms with E-state index < -0.39 is 0 Å². The van der Waals surface area contributed by atoms with E-state index in [-0.39, 0.29) is 5.92 Å². The Labute approximate surface area is 172 Å². The first-order chi connectivity index (χ1) is 13.6. The second kappa shape index (κ2) is 8.66. The predicted molar refractivity (Wildman–Crippen MR) is 111 cm³/mol. The molecule has 150 valence electrons. The lowest BCUT2D eigenvalue weighted by Crippen LogP contribution is -2.49. The minimum Gasteiger partial charge on any atom is -0.340 e. The second-order valence-corrected chi connectivity index (χ2v) is 8.44. The summed E-state index contributed by atoms with van der Waals surface area (Å²) in [5.74, 6) is 0.654. The third kappa shape index (κ3) is 4.26. The first-order valence-electron chi connectivity index (χ1n) is 10.4. The van der Waals surface area contributed by atoms with Crippen molar-refractivity contribution >= 4 is 17.5 Å². The Hall–Kier alpha value is -1.85. The molecular weight excluding hydrogens is 372 g/mol. The van der Waals surface area contributed by atoms with Gasteiger partial charge in [0.2, 0.25) is 5.91 Å². The standard InChI is InChI=1S/C22H29ClN4O/c1-17-20(21(23)27(24-17)15-18-7-3-2-4-8-18)16-25-11-13-26(14-12-25)22(28)19-9-5-6-10-19/h2-4,7-8,19H,5-6,9-16H2,1H3. The van der Waals surface area contributed by atoms with Crippen LogP contribution in [0, 0.1) is 12.8 Å². The van der Waals surface area contributed by atoms with Gasteiger partial charge in [-0.3, -0.25) is 9.69 Å². The maximum atomic E-state index is 12.6. The molecule has 2 fully saturated rings. The van der Waals surface area contributed by atoms with Crippen LogP contribution in [-0.2, 0) is 17.9 Å². The van der Waals surface area contributed by atoms with Crippen LogP contribution in [-0.4, -0.2) is 51.7 Å². The molecule has 2 aliphatic rings. The number of amides is 1. The Balaban J connectivity index is 1.35. The fourth-order valence-electron chi connectivity index (χ4n) is 4.41. The molecule has 0 unspecified atom stereocenters. The summed E-state index contributed by atoms with van der Waals surface area (Å²) >= 11 is 6.67. The summed E-state index contributed by atoms with van der Waals surface area (Å²) in [5.41, 5.74) is 3.29. The molecule has 0 spiro atoms. The van der Waals surface area contributed by atoms with Crippen LogP contribution in [0.2, 0.25) is 5.15 Å². The molecular formula is C22H29ClN4O. The van der Waals surface area contributed by atoms with E-state index in [0.29, 0.717) is 12.5 Å². The van der Waals surface area contributed by atoms with Crippen LogP contribution in [0.5, 0.6) is 0 Å². The third-order valence-corrected chi connectivity index (χ3v) is 6.55. The van der Waals surface area contributed by atoms with Gasteiger partial charge in [0.05, 0.1) is 12.2 Å². The first kappa shape index (κ1) is 19.5. The van der Waals surface area contributed by atoms with Gasteiger partial charge in [0, 0.05) is 44.2 Å². The Kier molecular flexibility index (Phi) is 6.02. The molecule has 6 heteroatoms. The van der Waals surface area contributed by atoms with Gasteiger partial charge in [-0.2, -0.15) is 5.10 Å². The number of aryl methyl sites for hydroxylation is 1. The molecule has 1 amide bonds. The van der Waals surface area contributed by atoms with E-state index in [1.807, 2.05) is 29.8 Å². The van der Waals surface area contributed by atoms with Crippen LogP contribution in [0.1, 0.15) is 42.5 Å². The Morgan fingerprint density at radius 2 is 1.75 bits per heavy atom. The molecule has 1 saturated carbocycles. The lowest BCUT2D eigenvalue weighted by Gasteiger charge is -2.36. The highest BCUT2D eigenvalue weighted by Crippen LogP contribution is 2.27. The maximum Gasteiger partial charge on any atom is 0.225 e. The van der Waals surface area contributed by atoms with E-state index in [4.69, 9.17) is 11.6 Å². The maximum absolute atomic E-state index is 12.6. The molecule has 4 rings (SSSR count). The number of piperazine rings is 1. The summed E-state index contributed by atoms with van der Waals surface area (Å²) in [6, 6.07) is 10.3. The van der Waals surface area contributed by atoms with E-state index in [0.717, 1.165) is 62.0 Å². The highest BCUT2D eigenvalue weighted by atomic mass is 35.5. The van der Waals surface area contributed by atoms with Crippen LogP contribution in [0.4, 0.5) is 0 Å². The van der Waals surface area contributed by atoms with Gasteiger partial charge in [-0.05, 0) is 25.3 Å². The molecule has 1 aromatic heterocycles. The molecule has 1 saturated heterocycles. The van der Waals surface area contributed by atoms with E-state index in [9.17, 15) is 4.79 Å². The molecule has 0 atom stereocenters. The number of carbonyl (C=O) groups is 1. The molecule has 1 aromatic carbocycles. The van der Waals surface area contributed by atoms with Crippen LogP contribution >= 0.6 is 11.6 Å². The summed E-state index contributed by atoms with van der Waals surface area (Å²) in [7, 11) is 0. The van der Waals surface area contributed by atoms with E-state index in [2.05, 4.69) is 27.0 Å². The van der Waals surface area contributed by atoms with Crippen LogP contribution in [0.15, 0.2) is 30.3 Å². The average Bonchev–Trinajstić information content (AvgIpc) is 3.34. The molecule has 0 N–H and O–H groups in total. The van der Waals surface area contributed by atoms with Gasteiger partial charge >= 0.3 is 0 Å². The number of rotatable bonds is 5. The van der Waals surface area contributed by atoms with E-state index >= 15 is 0 Å². The zero-order valence-corrected chi connectivity index (χ0v) is 17.4. The van der Waals surface area contributed by atoms with Crippen molar-refractivity contribution in [2.75, 3.05) is 26.2 Å². The number of carbonyl (C=O) groups excluding carboxylic acids is 1. The minimum atomic E-state index is 0.277. The fourth-order valence-corrected chi connectivity index (χ4v) is 4.71. The average molecular weight is 401 g/mol. The minimum absolute atomic E-state index is 0.277.